The fourth-order valence-corrected chi connectivity index (χ4v) is 4.05. The van der Waals surface area contributed by atoms with Crippen molar-refractivity contribution in [1.29, 1.82) is 0 Å². The Balaban J connectivity index is 1.84. The van der Waals surface area contributed by atoms with Crippen LogP contribution >= 0.6 is 0 Å². The van der Waals surface area contributed by atoms with Crippen molar-refractivity contribution in [1.82, 2.24) is 29.5 Å². The summed E-state index contributed by atoms with van der Waals surface area (Å²) in [5.74, 6) is -0.0511. The van der Waals surface area contributed by atoms with Crippen LogP contribution in [0.1, 0.15) is 10.6 Å². The van der Waals surface area contributed by atoms with Gasteiger partial charge in [-0.2, -0.15) is 0 Å². The lowest BCUT2D eigenvalue weighted by atomic mass is 9.82. The van der Waals surface area contributed by atoms with Crippen LogP contribution in [0.15, 0.2) is 6.33 Å². The molecule has 2 fully saturated rings. The summed E-state index contributed by atoms with van der Waals surface area (Å²) >= 11 is 0. The highest BCUT2D eigenvalue weighted by molar-refractivity contribution is 5.90. The van der Waals surface area contributed by atoms with Gasteiger partial charge in [-0.15, -0.1) is 5.10 Å². The fraction of sp³-hybridized carbons (Fsp3) is 0.765. The summed E-state index contributed by atoms with van der Waals surface area (Å²) in [7, 11) is 7.33. The van der Waals surface area contributed by atoms with Crippen molar-refractivity contribution in [3.63, 3.8) is 0 Å². The number of hydrogen-bond acceptors (Lipinski definition) is 7. The number of hydrogen-bond donors (Lipinski definition) is 0. The maximum Gasteiger partial charge on any atom is 0.293 e. The van der Waals surface area contributed by atoms with Gasteiger partial charge in [-0.3, -0.25) is 14.3 Å². The first-order valence-corrected chi connectivity index (χ1v) is 9.02. The van der Waals surface area contributed by atoms with Gasteiger partial charge in [0.15, 0.2) is 0 Å². The van der Waals surface area contributed by atoms with Gasteiger partial charge in [-0.25, -0.2) is 4.98 Å². The van der Waals surface area contributed by atoms with Crippen LogP contribution in [0.2, 0.25) is 0 Å². The molecule has 27 heavy (non-hydrogen) atoms. The molecule has 2 atom stereocenters. The third-order valence-corrected chi connectivity index (χ3v) is 5.35. The molecule has 10 nitrogen and oxygen atoms in total. The Morgan fingerprint density at radius 2 is 2.22 bits per heavy atom. The van der Waals surface area contributed by atoms with Crippen LogP contribution in [0.25, 0.3) is 0 Å². The Kier molecular flexibility index (Phi) is 5.78. The van der Waals surface area contributed by atoms with Crippen molar-refractivity contribution in [3.05, 3.63) is 12.2 Å². The zero-order valence-corrected chi connectivity index (χ0v) is 16.4. The molecule has 0 saturated carbocycles. The van der Waals surface area contributed by atoms with E-state index in [4.69, 9.17) is 9.47 Å². The van der Waals surface area contributed by atoms with Crippen molar-refractivity contribution in [2.45, 2.75) is 6.04 Å². The number of methoxy groups -OCH3 is 1. The molecule has 150 valence electrons. The second-order valence-electron chi connectivity index (χ2n) is 7.57. The van der Waals surface area contributed by atoms with E-state index in [1.807, 2.05) is 14.1 Å². The molecule has 0 radical (unpaired) electrons. The van der Waals surface area contributed by atoms with Crippen LogP contribution in [-0.4, -0.2) is 115 Å². The number of carbonyl (C=O) groups is 2. The number of amides is 2. The average molecular weight is 380 g/mol. The van der Waals surface area contributed by atoms with Crippen LogP contribution in [0.5, 0.6) is 0 Å². The van der Waals surface area contributed by atoms with Gasteiger partial charge in [0.2, 0.25) is 11.7 Å². The highest BCUT2D eigenvalue weighted by atomic mass is 16.5. The number of likely N-dealkylation sites (tertiary alicyclic amines) is 1. The van der Waals surface area contributed by atoms with Crippen LogP contribution in [0, 0.1) is 5.41 Å². The van der Waals surface area contributed by atoms with Crippen LogP contribution in [0.4, 0.5) is 0 Å². The molecule has 0 N–H and O–H groups in total. The minimum atomic E-state index is -0.367. The summed E-state index contributed by atoms with van der Waals surface area (Å²) in [5.41, 5.74) is -0.367. The van der Waals surface area contributed by atoms with Crippen LogP contribution < -0.4 is 0 Å². The zero-order valence-electron chi connectivity index (χ0n) is 16.4. The lowest BCUT2D eigenvalue weighted by Gasteiger charge is -2.38. The van der Waals surface area contributed by atoms with Gasteiger partial charge in [0.25, 0.3) is 5.91 Å². The van der Waals surface area contributed by atoms with E-state index < -0.39 is 0 Å². The largest absolute Gasteiger partial charge is 0.383 e. The van der Waals surface area contributed by atoms with Crippen LogP contribution in [0.3, 0.4) is 0 Å². The van der Waals surface area contributed by atoms with Crippen molar-refractivity contribution < 1.29 is 19.1 Å². The third-order valence-electron chi connectivity index (χ3n) is 5.35. The number of nitrogens with zero attached hydrogens (tertiary/aromatic N) is 6. The van der Waals surface area contributed by atoms with Gasteiger partial charge >= 0.3 is 0 Å². The Bertz CT molecular complexity index is 693. The molecule has 2 saturated heterocycles. The van der Waals surface area contributed by atoms with Crippen molar-refractivity contribution >= 4 is 11.8 Å². The predicted octanol–water partition coefficient (Wildman–Crippen LogP) is -1.31. The smallest absolute Gasteiger partial charge is 0.293 e. The lowest BCUT2D eigenvalue weighted by Crippen LogP contribution is -2.52. The minimum Gasteiger partial charge on any atom is -0.383 e. The molecule has 2 aliphatic heterocycles. The third kappa shape index (κ3) is 3.97. The van der Waals surface area contributed by atoms with Gasteiger partial charge in [0, 0.05) is 51.8 Å². The molecule has 0 bridgehead atoms. The highest BCUT2D eigenvalue weighted by Gasteiger charge is 2.52. The van der Waals surface area contributed by atoms with Crippen molar-refractivity contribution in [2.75, 3.05) is 67.2 Å². The summed E-state index contributed by atoms with van der Waals surface area (Å²) in [6.07, 6.45) is 1.52. The molecule has 0 aliphatic carbocycles. The lowest BCUT2D eigenvalue weighted by molar-refractivity contribution is -0.134. The Morgan fingerprint density at radius 3 is 2.85 bits per heavy atom. The monoisotopic (exact) mass is 380 g/mol. The molecule has 1 aromatic rings. The number of ether oxygens (including phenoxy) is 2. The minimum absolute atomic E-state index is 0.0439. The number of likely N-dealkylation sites (N-methyl/N-ethyl adjacent to an activating group) is 1. The fourth-order valence-electron chi connectivity index (χ4n) is 4.05. The van der Waals surface area contributed by atoms with Gasteiger partial charge in [0.1, 0.15) is 12.9 Å². The maximum absolute atomic E-state index is 12.9. The standard InChI is InChI=1S/C17H28N6O4/c1-20(2)13-7-23(16(25)15-18-12-21(3)19-15)10-17(13)9-22(5-6-26-4)14(24)8-27-11-17/h12-13H,5-11H2,1-4H3/t13-,17-/m1/s1. The SMILES string of the molecule is COCCN1C[C@]2(COCC1=O)CN(C(=O)c1ncn(C)n1)C[C@H]2N(C)C. The van der Waals surface area contributed by atoms with Gasteiger partial charge in [0.05, 0.1) is 13.2 Å². The second kappa shape index (κ2) is 7.91. The molecule has 10 heteroatoms. The number of carbonyl (C=O) groups excluding carboxylic acids is 2. The van der Waals surface area contributed by atoms with Crippen molar-refractivity contribution in [2.24, 2.45) is 12.5 Å². The Morgan fingerprint density at radius 1 is 1.44 bits per heavy atom. The summed E-state index contributed by atoms with van der Waals surface area (Å²) in [6, 6.07) is 0.0566. The molecule has 2 amide bonds. The van der Waals surface area contributed by atoms with Crippen molar-refractivity contribution in [3.8, 4) is 0 Å². The van der Waals surface area contributed by atoms with Gasteiger partial charge < -0.3 is 24.2 Å². The maximum atomic E-state index is 12.9. The first kappa shape index (κ1) is 19.7. The molecule has 0 aromatic carbocycles. The van der Waals surface area contributed by atoms with E-state index in [9.17, 15) is 9.59 Å². The molecule has 1 spiro atoms. The number of aryl methyl sites for hydroxylation is 1. The van der Waals surface area contributed by atoms with Crippen LogP contribution in [-0.2, 0) is 21.3 Å². The molecular formula is C17H28N6O4. The molecule has 1 aromatic heterocycles. The number of rotatable bonds is 5. The number of aromatic nitrogens is 3. The summed E-state index contributed by atoms with van der Waals surface area (Å²) in [5, 5.41) is 4.13. The van der Waals surface area contributed by atoms with E-state index in [1.165, 1.54) is 11.0 Å². The summed E-state index contributed by atoms with van der Waals surface area (Å²) in [4.78, 5) is 35.0. The Hall–Kier alpha value is -2.04. The van der Waals surface area contributed by atoms with E-state index in [0.717, 1.165) is 0 Å². The molecule has 3 heterocycles. The molecule has 2 aliphatic rings. The van der Waals surface area contributed by atoms with Gasteiger partial charge in [-0.1, -0.05) is 0 Å². The van der Waals surface area contributed by atoms with E-state index in [0.29, 0.717) is 39.4 Å². The van der Waals surface area contributed by atoms with E-state index in [1.54, 1.807) is 24.0 Å². The molecular weight excluding hydrogens is 352 g/mol. The summed E-state index contributed by atoms with van der Waals surface area (Å²) < 4.78 is 12.4. The first-order valence-electron chi connectivity index (χ1n) is 9.02. The topological polar surface area (TPSA) is 93.0 Å². The van der Waals surface area contributed by atoms with E-state index in [-0.39, 0.29) is 35.7 Å². The molecule has 3 rings (SSSR count). The average Bonchev–Trinajstić information content (AvgIpc) is 3.18. The molecule has 0 unspecified atom stereocenters. The second-order valence-corrected chi connectivity index (χ2v) is 7.57. The highest BCUT2D eigenvalue weighted by Crippen LogP contribution is 2.36. The normalized spacial score (nSPS) is 26.3. The first-order chi connectivity index (χ1) is 12.9. The summed E-state index contributed by atoms with van der Waals surface area (Å²) in [6.45, 7) is 3.01. The zero-order chi connectivity index (χ0) is 19.6. The van der Waals surface area contributed by atoms with E-state index in [2.05, 4.69) is 15.0 Å². The Labute approximate surface area is 159 Å². The quantitative estimate of drug-likeness (QED) is 0.626. The van der Waals surface area contributed by atoms with E-state index >= 15 is 0 Å². The predicted molar refractivity (Wildman–Crippen MR) is 96.1 cm³/mol. The van der Waals surface area contributed by atoms with Gasteiger partial charge in [-0.05, 0) is 14.1 Å².